The zero-order valence-electron chi connectivity index (χ0n) is 9.60. The molecule has 0 saturated carbocycles. The maximum atomic E-state index is 11.4. The molecule has 92 valence electrons. The molecule has 0 spiro atoms. The van der Waals surface area contributed by atoms with Crippen LogP contribution in [0, 0.1) is 0 Å². The van der Waals surface area contributed by atoms with Crippen molar-refractivity contribution in [1.82, 2.24) is 9.97 Å². The summed E-state index contributed by atoms with van der Waals surface area (Å²) in [4.78, 5) is 7.39. The fourth-order valence-electron chi connectivity index (χ4n) is 1.59. The minimum atomic E-state index is -2.95. The number of nitrogen functional groups attached to an aromatic ring is 1. The van der Waals surface area contributed by atoms with Gasteiger partial charge in [-0.05, 0) is 18.2 Å². The van der Waals surface area contributed by atoms with Crippen molar-refractivity contribution in [3.8, 4) is 0 Å². The normalized spacial score (nSPS) is 12.1. The number of nitrogens with zero attached hydrogens (tertiary/aromatic N) is 1. The Morgan fingerprint density at radius 3 is 2.88 bits per heavy atom. The van der Waals surface area contributed by atoms with Crippen LogP contribution >= 0.6 is 0 Å². The van der Waals surface area contributed by atoms with E-state index < -0.39 is 9.84 Å². The second kappa shape index (κ2) is 4.37. The van der Waals surface area contributed by atoms with Crippen molar-refractivity contribution < 1.29 is 8.42 Å². The van der Waals surface area contributed by atoms with Crippen molar-refractivity contribution in [2.45, 2.75) is 13.3 Å². The molecule has 0 aliphatic heterocycles. The van der Waals surface area contributed by atoms with E-state index in [0.29, 0.717) is 17.9 Å². The van der Waals surface area contributed by atoms with Crippen molar-refractivity contribution >= 4 is 26.6 Å². The van der Waals surface area contributed by atoms with E-state index in [9.17, 15) is 8.42 Å². The molecule has 0 radical (unpaired) electrons. The average Bonchev–Trinajstić information content (AvgIpc) is 2.68. The van der Waals surface area contributed by atoms with E-state index in [2.05, 4.69) is 9.97 Å². The smallest absolute Gasteiger partial charge is 0.150 e. The third-order valence-electron chi connectivity index (χ3n) is 2.64. The van der Waals surface area contributed by atoms with Gasteiger partial charge in [0.15, 0.2) is 0 Å². The fourth-order valence-corrected chi connectivity index (χ4v) is 2.39. The Balaban J connectivity index is 2.20. The number of anilines is 1. The molecule has 0 saturated heterocycles. The monoisotopic (exact) mass is 253 g/mol. The van der Waals surface area contributed by atoms with Crippen LogP contribution in [-0.2, 0) is 16.3 Å². The zero-order chi connectivity index (χ0) is 12.5. The Hall–Kier alpha value is -1.56. The number of rotatable bonds is 4. The van der Waals surface area contributed by atoms with E-state index >= 15 is 0 Å². The van der Waals surface area contributed by atoms with Gasteiger partial charge in [0.05, 0.1) is 16.8 Å². The maximum Gasteiger partial charge on any atom is 0.150 e. The molecule has 2 rings (SSSR count). The first kappa shape index (κ1) is 11.9. The highest BCUT2D eigenvalue weighted by Gasteiger charge is 2.10. The summed E-state index contributed by atoms with van der Waals surface area (Å²) in [6.07, 6.45) is 0.407. The van der Waals surface area contributed by atoms with Crippen LogP contribution in [0.5, 0.6) is 0 Å². The van der Waals surface area contributed by atoms with Crippen molar-refractivity contribution in [2.75, 3.05) is 17.2 Å². The Bertz CT molecular complexity index is 631. The number of H-pyrrole nitrogens is 1. The first-order valence-corrected chi connectivity index (χ1v) is 7.27. The van der Waals surface area contributed by atoms with Gasteiger partial charge in [0.1, 0.15) is 15.7 Å². The predicted octanol–water partition coefficient (Wildman–Crippen LogP) is 1.12. The van der Waals surface area contributed by atoms with Crippen molar-refractivity contribution in [3.05, 3.63) is 24.0 Å². The number of benzene rings is 1. The Morgan fingerprint density at radius 2 is 2.18 bits per heavy atom. The molecule has 1 heterocycles. The van der Waals surface area contributed by atoms with Crippen LogP contribution in [0.4, 0.5) is 5.69 Å². The molecular formula is C11H15N3O2S. The van der Waals surface area contributed by atoms with Crippen molar-refractivity contribution in [2.24, 2.45) is 0 Å². The van der Waals surface area contributed by atoms with E-state index in [0.717, 1.165) is 11.0 Å². The molecule has 0 unspecified atom stereocenters. The van der Waals surface area contributed by atoms with E-state index in [4.69, 9.17) is 5.73 Å². The SMILES string of the molecule is CCS(=O)(=O)CCc1nc2ccc(N)cc2[nH]1. The number of hydrogen-bond acceptors (Lipinski definition) is 4. The number of hydrogen-bond donors (Lipinski definition) is 2. The Labute approximate surface area is 100.0 Å². The number of imidazole rings is 1. The molecule has 3 N–H and O–H groups in total. The molecule has 2 aromatic rings. The summed E-state index contributed by atoms with van der Waals surface area (Å²) in [7, 11) is -2.95. The topological polar surface area (TPSA) is 88.8 Å². The van der Waals surface area contributed by atoms with Crippen LogP contribution in [0.1, 0.15) is 12.7 Å². The quantitative estimate of drug-likeness (QED) is 0.799. The van der Waals surface area contributed by atoms with Crippen LogP contribution in [0.2, 0.25) is 0 Å². The number of aromatic amines is 1. The Kier molecular flexibility index (Phi) is 3.06. The lowest BCUT2D eigenvalue weighted by molar-refractivity contribution is 0.596. The van der Waals surface area contributed by atoms with Gasteiger partial charge >= 0.3 is 0 Å². The molecule has 6 heteroatoms. The number of fused-ring (bicyclic) bond motifs is 1. The van der Waals surface area contributed by atoms with Crippen molar-refractivity contribution in [3.63, 3.8) is 0 Å². The van der Waals surface area contributed by atoms with E-state index in [1.807, 2.05) is 6.07 Å². The summed E-state index contributed by atoms with van der Waals surface area (Å²) in [5.41, 5.74) is 7.97. The fraction of sp³-hybridized carbons (Fsp3) is 0.364. The third kappa shape index (κ3) is 2.76. The molecule has 0 fully saturated rings. The van der Waals surface area contributed by atoms with E-state index in [-0.39, 0.29) is 11.5 Å². The number of aromatic nitrogens is 2. The first-order valence-electron chi connectivity index (χ1n) is 5.45. The minimum absolute atomic E-state index is 0.124. The lowest BCUT2D eigenvalue weighted by atomic mass is 10.3. The molecule has 0 aliphatic carbocycles. The van der Waals surface area contributed by atoms with Gasteiger partial charge in [0, 0.05) is 17.9 Å². The lowest BCUT2D eigenvalue weighted by Gasteiger charge is -1.97. The maximum absolute atomic E-state index is 11.4. The first-order chi connectivity index (χ1) is 8.00. The molecule has 0 atom stereocenters. The molecule has 1 aromatic heterocycles. The summed E-state index contributed by atoms with van der Waals surface area (Å²) in [6, 6.07) is 5.38. The van der Waals surface area contributed by atoms with Gasteiger partial charge < -0.3 is 10.7 Å². The van der Waals surface area contributed by atoms with E-state index in [1.54, 1.807) is 19.1 Å². The second-order valence-electron chi connectivity index (χ2n) is 3.95. The molecule has 1 aromatic carbocycles. The average molecular weight is 253 g/mol. The number of nitrogens with two attached hydrogens (primary N) is 1. The zero-order valence-corrected chi connectivity index (χ0v) is 10.4. The van der Waals surface area contributed by atoms with Gasteiger partial charge in [0.2, 0.25) is 0 Å². The molecule has 17 heavy (non-hydrogen) atoms. The standard InChI is InChI=1S/C11H15N3O2S/c1-2-17(15,16)6-5-11-13-9-4-3-8(12)7-10(9)14-11/h3-4,7H,2,5-6,12H2,1H3,(H,13,14). The predicted molar refractivity (Wildman–Crippen MR) is 68.5 cm³/mol. The van der Waals surface area contributed by atoms with Crippen LogP contribution < -0.4 is 5.73 Å². The van der Waals surface area contributed by atoms with Crippen molar-refractivity contribution in [1.29, 1.82) is 0 Å². The molecule has 0 aliphatic rings. The number of sulfone groups is 1. The highest BCUT2D eigenvalue weighted by molar-refractivity contribution is 7.91. The van der Waals surface area contributed by atoms with Gasteiger partial charge in [0.25, 0.3) is 0 Å². The molecular weight excluding hydrogens is 238 g/mol. The molecule has 0 bridgehead atoms. The lowest BCUT2D eigenvalue weighted by Crippen LogP contribution is -2.11. The summed E-state index contributed by atoms with van der Waals surface area (Å²) >= 11 is 0. The van der Waals surface area contributed by atoms with Gasteiger partial charge in [-0.1, -0.05) is 6.92 Å². The molecule has 0 amide bonds. The van der Waals surface area contributed by atoms with Gasteiger partial charge in [-0.3, -0.25) is 0 Å². The third-order valence-corrected chi connectivity index (χ3v) is 4.35. The highest BCUT2D eigenvalue weighted by atomic mass is 32.2. The van der Waals surface area contributed by atoms with E-state index in [1.165, 1.54) is 0 Å². The summed E-state index contributed by atoms with van der Waals surface area (Å²) in [6.45, 7) is 1.65. The van der Waals surface area contributed by atoms with Gasteiger partial charge in [-0.15, -0.1) is 0 Å². The van der Waals surface area contributed by atoms with Crippen LogP contribution in [-0.4, -0.2) is 29.9 Å². The summed E-state index contributed by atoms with van der Waals surface area (Å²) in [5.74, 6) is 0.974. The Morgan fingerprint density at radius 1 is 1.41 bits per heavy atom. The second-order valence-corrected chi connectivity index (χ2v) is 6.42. The van der Waals surface area contributed by atoms with Crippen LogP contribution in [0.3, 0.4) is 0 Å². The number of nitrogens with one attached hydrogen (secondary N) is 1. The molecule has 5 nitrogen and oxygen atoms in total. The summed E-state index contributed by atoms with van der Waals surface area (Å²) < 4.78 is 22.8. The van der Waals surface area contributed by atoms with Crippen LogP contribution in [0.15, 0.2) is 18.2 Å². The van der Waals surface area contributed by atoms with Crippen LogP contribution in [0.25, 0.3) is 11.0 Å². The van der Waals surface area contributed by atoms with Gasteiger partial charge in [-0.25, -0.2) is 13.4 Å². The highest BCUT2D eigenvalue weighted by Crippen LogP contribution is 2.15. The minimum Gasteiger partial charge on any atom is -0.399 e. The van der Waals surface area contributed by atoms with Gasteiger partial charge in [-0.2, -0.15) is 0 Å². The number of aryl methyl sites for hydroxylation is 1. The summed E-state index contributed by atoms with van der Waals surface area (Å²) in [5, 5.41) is 0. The largest absolute Gasteiger partial charge is 0.399 e.